The van der Waals surface area contributed by atoms with Gasteiger partial charge < -0.3 is 14.8 Å². The normalized spacial score (nSPS) is 20.5. The minimum atomic E-state index is -0.841. The second-order valence-corrected chi connectivity index (χ2v) is 8.72. The Kier molecular flexibility index (Phi) is 6.28. The maximum Gasteiger partial charge on any atom is 0.125 e. The van der Waals surface area contributed by atoms with Gasteiger partial charge in [0, 0.05) is 30.2 Å². The lowest BCUT2D eigenvalue weighted by Gasteiger charge is -2.24. The number of H-pyrrole nitrogens is 1. The van der Waals surface area contributed by atoms with Crippen molar-refractivity contribution in [1.82, 2.24) is 19.9 Å². The van der Waals surface area contributed by atoms with Crippen molar-refractivity contribution in [2.75, 3.05) is 19.7 Å². The molecule has 7 heteroatoms. The van der Waals surface area contributed by atoms with Gasteiger partial charge >= 0.3 is 0 Å². The molecular formula is C22H28N4O2S. The molecule has 1 fully saturated rings. The fourth-order valence-corrected chi connectivity index (χ4v) is 4.97. The molecule has 2 N–H and O–H groups in total. The maximum atomic E-state index is 11.4. The molecule has 2 aromatic heterocycles. The fraction of sp³-hybridized carbons (Fsp3) is 0.455. The highest BCUT2D eigenvalue weighted by atomic mass is 32.1. The van der Waals surface area contributed by atoms with Gasteiger partial charge in [-0.25, -0.2) is 9.97 Å². The van der Waals surface area contributed by atoms with Crippen molar-refractivity contribution in [3.05, 3.63) is 64.1 Å². The average Bonchev–Trinajstić information content (AvgIpc) is 3.32. The van der Waals surface area contributed by atoms with Crippen molar-refractivity contribution < 1.29 is 9.84 Å². The number of rotatable bonds is 7. The molecule has 1 aromatic carbocycles. The van der Waals surface area contributed by atoms with Crippen LogP contribution >= 0.6 is 11.3 Å². The second-order valence-electron chi connectivity index (χ2n) is 7.64. The van der Waals surface area contributed by atoms with E-state index in [-0.39, 0.29) is 0 Å². The zero-order valence-corrected chi connectivity index (χ0v) is 17.6. The lowest BCUT2D eigenvalue weighted by Crippen LogP contribution is -2.29. The molecule has 154 valence electrons. The fourth-order valence-electron chi connectivity index (χ4n) is 3.78. The van der Waals surface area contributed by atoms with E-state index in [9.17, 15) is 5.11 Å². The monoisotopic (exact) mass is 412 g/mol. The van der Waals surface area contributed by atoms with Gasteiger partial charge in [0.15, 0.2) is 0 Å². The first-order valence-electron chi connectivity index (χ1n) is 10.2. The lowest BCUT2D eigenvalue weighted by molar-refractivity contribution is 0.0206. The standard InChI is InChI=1S/C22H28N4O2S/c1-17-19(8-15-28-18-6-3-2-4-7-18)29-21(25-17)22(27)9-5-13-26(14-10-22)16-20-23-11-12-24-20/h2-4,6-7,11-12,27H,5,8-10,13-16H2,1H3,(H,23,24). The van der Waals surface area contributed by atoms with Crippen LogP contribution in [0.25, 0.3) is 0 Å². The van der Waals surface area contributed by atoms with Crippen molar-refractivity contribution in [2.45, 2.75) is 44.8 Å². The molecule has 0 saturated carbocycles. The number of nitrogens with one attached hydrogen (secondary N) is 1. The van der Waals surface area contributed by atoms with Crippen LogP contribution in [-0.4, -0.2) is 44.7 Å². The zero-order chi connectivity index (χ0) is 20.1. The summed E-state index contributed by atoms with van der Waals surface area (Å²) in [6.07, 6.45) is 6.83. The first-order valence-corrected chi connectivity index (χ1v) is 11.0. The Morgan fingerprint density at radius 1 is 1.24 bits per heavy atom. The van der Waals surface area contributed by atoms with Crippen molar-refractivity contribution in [2.24, 2.45) is 0 Å². The summed E-state index contributed by atoms with van der Waals surface area (Å²) in [5.74, 6) is 1.86. The Morgan fingerprint density at radius 3 is 2.90 bits per heavy atom. The van der Waals surface area contributed by atoms with Gasteiger partial charge in [0.2, 0.25) is 0 Å². The molecule has 1 saturated heterocycles. The third kappa shape index (κ3) is 5.04. The SMILES string of the molecule is Cc1nc(C2(O)CCCN(Cc3ncc[nH]3)CC2)sc1CCOc1ccccc1. The van der Waals surface area contributed by atoms with E-state index in [4.69, 9.17) is 9.72 Å². The van der Waals surface area contributed by atoms with Crippen molar-refractivity contribution in [1.29, 1.82) is 0 Å². The minimum Gasteiger partial charge on any atom is -0.493 e. The average molecular weight is 413 g/mol. The summed E-state index contributed by atoms with van der Waals surface area (Å²) in [6, 6.07) is 9.86. The Hall–Kier alpha value is -2.22. The number of imidazole rings is 1. The van der Waals surface area contributed by atoms with Crippen LogP contribution in [0.4, 0.5) is 0 Å². The quantitative estimate of drug-likeness (QED) is 0.619. The van der Waals surface area contributed by atoms with Crippen LogP contribution in [0, 0.1) is 6.92 Å². The van der Waals surface area contributed by atoms with E-state index in [0.717, 1.165) is 61.2 Å². The molecule has 1 atom stereocenters. The number of benzene rings is 1. The number of para-hydroxylation sites is 1. The van der Waals surface area contributed by atoms with Crippen LogP contribution in [0.5, 0.6) is 5.75 Å². The number of aliphatic hydroxyl groups is 1. The first-order chi connectivity index (χ1) is 14.1. The largest absolute Gasteiger partial charge is 0.493 e. The highest BCUT2D eigenvalue weighted by Gasteiger charge is 2.35. The molecule has 0 aliphatic carbocycles. The molecule has 3 heterocycles. The maximum absolute atomic E-state index is 11.4. The van der Waals surface area contributed by atoms with Crippen LogP contribution in [-0.2, 0) is 18.6 Å². The molecule has 1 unspecified atom stereocenters. The molecule has 0 amide bonds. The van der Waals surface area contributed by atoms with Crippen LogP contribution in [0.1, 0.15) is 40.7 Å². The molecular weight excluding hydrogens is 384 g/mol. The molecule has 1 aliphatic heterocycles. The van der Waals surface area contributed by atoms with Gasteiger partial charge in [-0.05, 0) is 44.9 Å². The minimum absolute atomic E-state index is 0.613. The van der Waals surface area contributed by atoms with Crippen LogP contribution < -0.4 is 4.74 Å². The van der Waals surface area contributed by atoms with Crippen LogP contribution in [0.3, 0.4) is 0 Å². The van der Waals surface area contributed by atoms with E-state index in [1.165, 1.54) is 4.88 Å². The summed E-state index contributed by atoms with van der Waals surface area (Å²) in [6.45, 7) is 5.23. The van der Waals surface area contributed by atoms with E-state index in [1.54, 1.807) is 17.5 Å². The van der Waals surface area contributed by atoms with E-state index < -0.39 is 5.60 Å². The van der Waals surface area contributed by atoms with Gasteiger partial charge in [-0.2, -0.15) is 0 Å². The number of hydrogen-bond donors (Lipinski definition) is 2. The van der Waals surface area contributed by atoms with E-state index in [0.29, 0.717) is 13.0 Å². The first kappa shape index (κ1) is 20.1. The highest BCUT2D eigenvalue weighted by molar-refractivity contribution is 7.11. The predicted octanol–water partition coefficient (Wildman–Crippen LogP) is 3.67. The van der Waals surface area contributed by atoms with Gasteiger partial charge in [0.1, 0.15) is 22.2 Å². The summed E-state index contributed by atoms with van der Waals surface area (Å²) in [5, 5.41) is 12.2. The van der Waals surface area contributed by atoms with Gasteiger partial charge in [-0.3, -0.25) is 4.90 Å². The van der Waals surface area contributed by atoms with E-state index in [2.05, 4.69) is 14.9 Å². The Labute approximate surface area is 175 Å². The van der Waals surface area contributed by atoms with E-state index >= 15 is 0 Å². The zero-order valence-electron chi connectivity index (χ0n) is 16.8. The third-order valence-corrected chi connectivity index (χ3v) is 6.88. The van der Waals surface area contributed by atoms with Crippen LogP contribution in [0.15, 0.2) is 42.7 Å². The Morgan fingerprint density at radius 2 is 2.10 bits per heavy atom. The number of aromatic nitrogens is 3. The molecule has 29 heavy (non-hydrogen) atoms. The predicted molar refractivity (Wildman–Crippen MR) is 114 cm³/mol. The number of ether oxygens (including phenoxy) is 1. The summed E-state index contributed by atoms with van der Waals surface area (Å²) in [4.78, 5) is 15.8. The molecule has 1 aliphatic rings. The summed E-state index contributed by atoms with van der Waals surface area (Å²) >= 11 is 1.64. The van der Waals surface area contributed by atoms with E-state index in [1.807, 2.05) is 43.5 Å². The molecule has 4 rings (SSSR count). The number of hydrogen-bond acceptors (Lipinski definition) is 6. The van der Waals surface area contributed by atoms with Crippen molar-refractivity contribution in [3.8, 4) is 5.75 Å². The number of thiazole rings is 1. The van der Waals surface area contributed by atoms with Crippen LogP contribution in [0.2, 0.25) is 0 Å². The van der Waals surface area contributed by atoms with Crippen molar-refractivity contribution in [3.63, 3.8) is 0 Å². The van der Waals surface area contributed by atoms with Gasteiger partial charge in [-0.15, -0.1) is 11.3 Å². The summed E-state index contributed by atoms with van der Waals surface area (Å²) in [7, 11) is 0. The molecule has 6 nitrogen and oxygen atoms in total. The summed E-state index contributed by atoms with van der Waals surface area (Å²) < 4.78 is 5.83. The summed E-state index contributed by atoms with van der Waals surface area (Å²) in [5.41, 5.74) is 0.165. The smallest absolute Gasteiger partial charge is 0.125 e. The Bertz CT molecular complexity index is 897. The van der Waals surface area contributed by atoms with Gasteiger partial charge in [-0.1, -0.05) is 18.2 Å². The lowest BCUT2D eigenvalue weighted by atomic mass is 9.96. The van der Waals surface area contributed by atoms with Crippen molar-refractivity contribution >= 4 is 11.3 Å². The second kappa shape index (κ2) is 9.07. The van der Waals surface area contributed by atoms with Gasteiger partial charge in [0.05, 0.1) is 18.8 Å². The number of nitrogens with zero attached hydrogens (tertiary/aromatic N) is 3. The molecule has 0 radical (unpaired) electrons. The Balaban J connectivity index is 1.36. The number of aryl methyl sites for hydroxylation is 1. The van der Waals surface area contributed by atoms with Gasteiger partial charge in [0.25, 0.3) is 0 Å². The third-order valence-electron chi connectivity index (χ3n) is 5.47. The number of aromatic amines is 1. The molecule has 0 bridgehead atoms. The topological polar surface area (TPSA) is 74.3 Å². The molecule has 3 aromatic rings. The highest BCUT2D eigenvalue weighted by Crippen LogP contribution is 2.36. The molecule has 0 spiro atoms. The number of likely N-dealkylation sites (tertiary alicyclic amines) is 1.